The van der Waals surface area contributed by atoms with Crippen molar-refractivity contribution in [2.45, 2.75) is 51.0 Å². The largest absolute Gasteiger partial charge is 0.383 e. The number of nitrogen functional groups attached to an aromatic ring is 1. The maximum Gasteiger partial charge on any atom is 0.182 e. The lowest BCUT2D eigenvalue weighted by Crippen LogP contribution is -2.31. The fraction of sp³-hybridized carbons (Fsp3) is 0.786. The molecule has 0 spiro atoms. The van der Waals surface area contributed by atoms with Crippen molar-refractivity contribution in [3.63, 3.8) is 0 Å². The van der Waals surface area contributed by atoms with Gasteiger partial charge in [0.25, 0.3) is 0 Å². The molecular formula is C14H26N4O2S. The second-order valence-electron chi connectivity index (χ2n) is 6.26. The average Bonchev–Trinajstić information content (AvgIpc) is 2.74. The molecule has 0 saturated carbocycles. The summed E-state index contributed by atoms with van der Waals surface area (Å²) in [5.74, 6) is 1.34. The van der Waals surface area contributed by atoms with Crippen LogP contribution in [0.15, 0.2) is 4.90 Å². The van der Waals surface area contributed by atoms with Crippen LogP contribution in [0.2, 0.25) is 0 Å². The Labute approximate surface area is 127 Å². The van der Waals surface area contributed by atoms with Crippen molar-refractivity contribution in [2.75, 3.05) is 30.0 Å². The number of hydrogen-bond donors (Lipinski definition) is 1. The number of aromatic nitrogens is 2. The van der Waals surface area contributed by atoms with Crippen LogP contribution in [0.3, 0.4) is 0 Å². The van der Waals surface area contributed by atoms with Gasteiger partial charge in [0.05, 0.1) is 0 Å². The van der Waals surface area contributed by atoms with E-state index in [4.69, 9.17) is 5.73 Å². The molecule has 2 rings (SSSR count). The third-order valence-corrected chi connectivity index (χ3v) is 5.01. The van der Waals surface area contributed by atoms with Crippen molar-refractivity contribution >= 4 is 21.5 Å². The van der Waals surface area contributed by atoms with Gasteiger partial charge in [0.2, 0.25) is 0 Å². The zero-order valence-corrected chi connectivity index (χ0v) is 14.0. The number of nitrogens with two attached hydrogens (primary N) is 1. The Morgan fingerprint density at radius 1 is 1.24 bits per heavy atom. The van der Waals surface area contributed by atoms with Crippen LogP contribution in [0.5, 0.6) is 0 Å². The van der Waals surface area contributed by atoms with Crippen molar-refractivity contribution in [1.29, 1.82) is 0 Å². The number of hydrogen-bond acceptors (Lipinski definition) is 5. The van der Waals surface area contributed by atoms with Gasteiger partial charge >= 0.3 is 0 Å². The Hall–Kier alpha value is -1.24. The molecule has 0 unspecified atom stereocenters. The number of nitrogens with zero attached hydrogens (tertiary/aromatic N) is 3. The van der Waals surface area contributed by atoms with Crippen LogP contribution in [-0.2, 0) is 16.4 Å². The number of sulfone groups is 1. The minimum Gasteiger partial charge on any atom is -0.383 e. The highest BCUT2D eigenvalue weighted by Crippen LogP contribution is 2.32. The summed E-state index contributed by atoms with van der Waals surface area (Å²) < 4.78 is 25.9. The Morgan fingerprint density at radius 3 is 2.38 bits per heavy atom. The Balaban J connectivity index is 2.39. The molecule has 0 radical (unpaired) electrons. The molecular weight excluding hydrogens is 288 g/mol. The van der Waals surface area contributed by atoms with Gasteiger partial charge in [0.1, 0.15) is 5.82 Å². The molecule has 2 heterocycles. The van der Waals surface area contributed by atoms with Gasteiger partial charge in [-0.3, -0.25) is 0 Å². The van der Waals surface area contributed by atoms with Gasteiger partial charge in [0, 0.05) is 25.9 Å². The van der Waals surface area contributed by atoms with Gasteiger partial charge in [-0.2, -0.15) is 5.10 Å². The molecule has 0 bridgehead atoms. The van der Waals surface area contributed by atoms with Crippen molar-refractivity contribution in [3.8, 4) is 0 Å². The summed E-state index contributed by atoms with van der Waals surface area (Å²) in [4.78, 5) is 2.26. The minimum absolute atomic E-state index is 0.202. The lowest BCUT2D eigenvalue weighted by Gasteiger charge is -2.27. The molecule has 1 aromatic heterocycles. The first-order valence-electron chi connectivity index (χ1n) is 7.62. The van der Waals surface area contributed by atoms with Crippen LogP contribution < -0.4 is 10.6 Å². The highest BCUT2D eigenvalue weighted by Gasteiger charge is 2.28. The Bertz CT molecular complexity index is 586. The van der Waals surface area contributed by atoms with E-state index in [1.165, 1.54) is 12.7 Å². The van der Waals surface area contributed by atoms with Gasteiger partial charge in [0.15, 0.2) is 20.6 Å². The highest BCUT2D eigenvalue weighted by molar-refractivity contribution is 7.91. The zero-order valence-electron chi connectivity index (χ0n) is 13.2. The molecule has 6 nitrogen and oxygen atoms in total. The predicted molar refractivity (Wildman–Crippen MR) is 85.3 cm³/mol. The van der Waals surface area contributed by atoms with E-state index in [0.717, 1.165) is 32.4 Å². The van der Waals surface area contributed by atoms with E-state index in [-0.39, 0.29) is 10.7 Å². The third kappa shape index (κ3) is 3.70. The van der Waals surface area contributed by atoms with Crippen LogP contribution in [0.25, 0.3) is 0 Å². The molecule has 1 fully saturated rings. The fourth-order valence-corrected chi connectivity index (χ4v) is 3.65. The summed E-state index contributed by atoms with van der Waals surface area (Å²) in [6.07, 6.45) is 5.47. The molecule has 0 aromatic carbocycles. The maximum absolute atomic E-state index is 12.1. The molecule has 0 amide bonds. The predicted octanol–water partition coefficient (Wildman–Crippen LogP) is 1.91. The first-order valence-corrected chi connectivity index (χ1v) is 9.51. The third-order valence-electron chi connectivity index (χ3n) is 3.87. The van der Waals surface area contributed by atoms with Crippen molar-refractivity contribution in [3.05, 3.63) is 0 Å². The topological polar surface area (TPSA) is 81.2 Å². The molecule has 7 heteroatoms. The van der Waals surface area contributed by atoms with Crippen LogP contribution in [0.1, 0.15) is 39.5 Å². The van der Waals surface area contributed by atoms with Crippen LogP contribution in [-0.4, -0.2) is 37.5 Å². The van der Waals surface area contributed by atoms with Crippen LogP contribution >= 0.6 is 0 Å². The summed E-state index contributed by atoms with van der Waals surface area (Å²) in [6, 6.07) is 0. The van der Waals surface area contributed by atoms with Gasteiger partial charge in [-0.25, -0.2) is 13.1 Å². The average molecular weight is 314 g/mol. The van der Waals surface area contributed by atoms with Crippen molar-refractivity contribution in [2.24, 2.45) is 5.92 Å². The highest BCUT2D eigenvalue weighted by atomic mass is 32.2. The molecule has 1 aliphatic heterocycles. The summed E-state index contributed by atoms with van der Waals surface area (Å²) in [5.41, 5.74) is 6.08. The van der Waals surface area contributed by atoms with E-state index in [0.29, 0.717) is 18.3 Å². The normalized spacial score (nSPS) is 16.7. The van der Waals surface area contributed by atoms with Gasteiger partial charge < -0.3 is 10.6 Å². The summed E-state index contributed by atoms with van der Waals surface area (Å²) >= 11 is 0. The molecule has 0 aliphatic carbocycles. The molecule has 1 saturated heterocycles. The second-order valence-corrected chi connectivity index (χ2v) is 8.22. The van der Waals surface area contributed by atoms with Crippen molar-refractivity contribution in [1.82, 2.24) is 9.78 Å². The maximum atomic E-state index is 12.1. The molecule has 21 heavy (non-hydrogen) atoms. The quantitative estimate of drug-likeness (QED) is 0.898. The standard InChI is InChI=1S/C14H26N4O2S/c1-11(2)7-10-18-13(15)12(21(3,19)20)14(16-18)17-8-5-4-6-9-17/h11H,4-10,15H2,1-3H3. The lowest BCUT2D eigenvalue weighted by atomic mass is 10.1. The van der Waals surface area contributed by atoms with E-state index in [1.54, 1.807) is 4.68 Å². The molecule has 1 aromatic rings. The van der Waals surface area contributed by atoms with Gasteiger partial charge in [-0.05, 0) is 31.6 Å². The zero-order chi connectivity index (χ0) is 15.6. The number of rotatable bonds is 5. The summed E-state index contributed by atoms with van der Waals surface area (Å²) in [6.45, 7) is 6.61. The number of piperidine rings is 1. The first-order chi connectivity index (χ1) is 9.80. The number of anilines is 2. The smallest absolute Gasteiger partial charge is 0.182 e. The van der Waals surface area contributed by atoms with Crippen LogP contribution in [0, 0.1) is 5.92 Å². The fourth-order valence-electron chi connectivity index (χ4n) is 2.66. The summed E-state index contributed by atoms with van der Waals surface area (Å²) in [5, 5.41) is 4.51. The van der Waals surface area contributed by atoms with Crippen LogP contribution in [0.4, 0.5) is 11.6 Å². The van der Waals surface area contributed by atoms with Crippen molar-refractivity contribution < 1.29 is 8.42 Å². The monoisotopic (exact) mass is 314 g/mol. The van der Waals surface area contributed by atoms with E-state index >= 15 is 0 Å². The minimum atomic E-state index is -3.38. The Morgan fingerprint density at radius 2 is 1.86 bits per heavy atom. The first kappa shape index (κ1) is 16.1. The summed E-state index contributed by atoms with van der Waals surface area (Å²) in [7, 11) is -3.38. The lowest BCUT2D eigenvalue weighted by molar-refractivity contribution is 0.488. The molecule has 2 N–H and O–H groups in total. The van der Waals surface area contributed by atoms with Gasteiger partial charge in [-0.1, -0.05) is 13.8 Å². The molecule has 120 valence electrons. The second kappa shape index (κ2) is 6.25. The molecule has 0 atom stereocenters. The van der Waals surface area contributed by atoms with E-state index in [9.17, 15) is 8.42 Å². The molecule has 1 aliphatic rings. The SMILES string of the molecule is CC(C)CCn1nc(N2CCCCC2)c(S(C)(=O)=O)c1N. The van der Waals surface area contributed by atoms with E-state index in [2.05, 4.69) is 23.8 Å². The van der Waals surface area contributed by atoms with Gasteiger partial charge in [-0.15, -0.1) is 0 Å². The number of aryl methyl sites for hydroxylation is 1. The Kier molecular flexibility index (Phi) is 4.81. The van der Waals surface area contributed by atoms with E-state index < -0.39 is 9.84 Å². The van der Waals surface area contributed by atoms with E-state index in [1.807, 2.05) is 0 Å².